The van der Waals surface area contributed by atoms with Crippen molar-refractivity contribution in [3.05, 3.63) is 27.8 Å². The highest BCUT2D eigenvalue weighted by Crippen LogP contribution is 2.63. The van der Waals surface area contributed by atoms with Gasteiger partial charge >= 0.3 is 17.9 Å². The van der Waals surface area contributed by atoms with Gasteiger partial charge in [0.2, 0.25) is 5.78 Å². The van der Waals surface area contributed by atoms with Crippen LogP contribution in [0.2, 0.25) is 0 Å². The molecule has 0 amide bonds. The van der Waals surface area contributed by atoms with Crippen molar-refractivity contribution >= 4 is 46.3 Å². The zero-order valence-corrected chi connectivity index (χ0v) is 18.6. The number of ether oxygens (including phenoxy) is 2. The molecule has 30 heavy (non-hydrogen) atoms. The Bertz CT molecular complexity index is 877. The highest BCUT2D eigenvalue weighted by atomic mass is 127. The van der Waals surface area contributed by atoms with Crippen LogP contribution in [0.15, 0.2) is 24.3 Å². The topological polar surface area (TPSA) is 107 Å². The van der Waals surface area contributed by atoms with Gasteiger partial charge in [0.25, 0.3) is 0 Å². The summed E-state index contributed by atoms with van der Waals surface area (Å²) in [6, 6.07) is 7.31. The van der Waals surface area contributed by atoms with Crippen LogP contribution in [0.3, 0.4) is 0 Å². The second kappa shape index (κ2) is 7.94. The lowest BCUT2D eigenvalue weighted by Crippen LogP contribution is -2.60. The lowest BCUT2D eigenvalue weighted by Gasteiger charge is -2.59. The van der Waals surface area contributed by atoms with Gasteiger partial charge in [-0.3, -0.25) is 14.4 Å². The van der Waals surface area contributed by atoms with Crippen LogP contribution in [0.1, 0.15) is 51.4 Å². The molecule has 2 unspecified atom stereocenters. The number of benzene rings is 1. The minimum Gasteiger partial charge on any atom is -0.476 e. The summed E-state index contributed by atoms with van der Waals surface area (Å²) in [6.07, 6.45) is 3.71. The first-order valence-corrected chi connectivity index (χ1v) is 11.2. The number of carboxylic acid groups (broad SMARTS) is 1. The molecule has 7 nitrogen and oxygen atoms in total. The molecule has 4 aliphatic carbocycles. The molecule has 160 valence electrons. The fourth-order valence-electron chi connectivity index (χ4n) is 5.87. The van der Waals surface area contributed by atoms with Gasteiger partial charge in [0.15, 0.2) is 0 Å². The Hall–Kier alpha value is -1.97. The van der Waals surface area contributed by atoms with E-state index in [9.17, 15) is 19.2 Å². The third-order valence-corrected chi connectivity index (χ3v) is 7.31. The predicted octanol–water partition coefficient (Wildman–Crippen LogP) is 3.51. The second-order valence-corrected chi connectivity index (χ2v) is 10.2. The molecule has 1 aromatic rings. The number of carboxylic acids is 1. The summed E-state index contributed by atoms with van der Waals surface area (Å²) >= 11 is 2.19. The fourth-order valence-corrected chi connectivity index (χ4v) is 6.23. The van der Waals surface area contributed by atoms with E-state index in [1.165, 1.54) is 0 Å². The highest BCUT2D eigenvalue weighted by molar-refractivity contribution is 14.1. The van der Waals surface area contributed by atoms with Crippen LogP contribution in [-0.4, -0.2) is 34.4 Å². The van der Waals surface area contributed by atoms with E-state index >= 15 is 0 Å². The number of ketones is 1. The third kappa shape index (κ3) is 4.24. The Kier molecular flexibility index (Phi) is 5.63. The van der Waals surface area contributed by atoms with E-state index in [-0.39, 0.29) is 18.8 Å². The number of carbonyl (C=O) groups excluding carboxylic acids is 3. The van der Waals surface area contributed by atoms with Gasteiger partial charge in [0.05, 0.1) is 11.8 Å². The molecule has 4 bridgehead atoms. The molecular formula is C22H23IO7. The number of carbonyl (C=O) groups is 4. The Morgan fingerprint density at radius 3 is 2.23 bits per heavy atom. The Morgan fingerprint density at radius 2 is 1.63 bits per heavy atom. The fraction of sp³-hybridized carbons (Fsp3) is 0.545. The van der Waals surface area contributed by atoms with Crippen molar-refractivity contribution < 1.29 is 33.8 Å². The van der Waals surface area contributed by atoms with Gasteiger partial charge < -0.3 is 14.6 Å². The molecule has 8 heteroatoms. The highest BCUT2D eigenvalue weighted by Gasteiger charge is 2.63. The summed E-state index contributed by atoms with van der Waals surface area (Å²) in [6.45, 7) is 0. The average molecular weight is 526 g/mol. The van der Waals surface area contributed by atoms with E-state index in [4.69, 9.17) is 14.6 Å². The maximum Gasteiger partial charge on any atom is 0.372 e. The normalized spacial score (nSPS) is 31.2. The van der Waals surface area contributed by atoms with E-state index in [1.54, 1.807) is 12.1 Å². The van der Waals surface area contributed by atoms with Gasteiger partial charge in [-0.1, -0.05) is 0 Å². The molecule has 4 fully saturated rings. The van der Waals surface area contributed by atoms with Crippen molar-refractivity contribution in [1.82, 2.24) is 0 Å². The van der Waals surface area contributed by atoms with Crippen molar-refractivity contribution in [3.8, 4) is 5.75 Å². The van der Waals surface area contributed by atoms with E-state index in [0.717, 1.165) is 22.8 Å². The van der Waals surface area contributed by atoms with E-state index in [2.05, 4.69) is 22.6 Å². The van der Waals surface area contributed by atoms with Crippen LogP contribution in [0.4, 0.5) is 0 Å². The average Bonchev–Trinajstić information content (AvgIpc) is 2.66. The van der Waals surface area contributed by atoms with Gasteiger partial charge in [-0.15, -0.1) is 0 Å². The van der Waals surface area contributed by atoms with Gasteiger partial charge in [-0.05, 0) is 90.8 Å². The monoisotopic (exact) mass is 526 g/mol. The maximum absolute atomic E-state index is 13.2. The minimum absolute atomic E-state index is 0.262. The summed E-state index contributed by atoms with van der Waals surface area (Å²) in [5.41, 5.74) is -1.39. The number of halogens is 1. The minimum atomic E-state index is -1.55. The summed E-state index contributed by atoms with van der Waals surface area (Å²) < 4.78 is 12.6. The first kappa shape index (κ1) is 21.3. The van der Waals surface area contributed by atoms with E-state index < -0.39 is 28.7 Å². The molecule has 0 aliphatic heterocycles. The zero-order chi connectivity index (χ0) is 21.5. The van der Waals surface area contributed by atoms with Gasteiger partial charge in [0, 0.05) is 16.4 Å². The van der Waals surface area contributed by atoms with Crippen molar-refractivity contribution in [1.29, 1.82) is 0 Å². The lowest BCUT2D eigenvalue weighted by atomic mass is 9.48. The van der Waals surface area contributed by atoms with Gasteiger partial charge in [0.1, 0.15) is 11.4 Å². The van der Waals surface area contributed by atoms with Crippen molar-refractivity contribution in [3.63, 3.8) is 0 Å². The number of rotatable bonds is 7. The van der Waals surface area contributed by atoms with Crippen LogP contribution in [-0.2, 0) is 23.9 Å². The standard InChI is InChI=1S/C22H23IO7/c23-15-1-3-16(4-2-15)29-20(28)21-8-13-7-14(9-21)11-22(10-13,12-21)30-18(25)6-5-17(24)19(26)27/h1-4,13-14H,5-12H2,(H,26,27). The number of hydrogen-bond donors (Lipinski definition) is 1. The molecule has 0 saturated heterocycles. The number of Topliss-reactive ketones (excluding diaryl/α,β-unsaturated/α-hetero) is 1. The lowest BCUT2D eigenvalue weighted by molar-refractivity contribution is -0.209. The quantitative estimate of drug-likeness (QED) is 0.251. The molecule has 4 saturated carbocycles. The Morgan fingerprint density at radius 1 is 1.00 bits per heavy atom. The van der Waals surface area contributed by atoms with Crippen LogP contribution in [0.25, 0.3) is 0 Å². The first-order valence-electron chi connectivity index (χ1n) is 10.1. The first-order chi connectivity index (χ1) is 14.2. The van der Waals surface area contributed by atoms with Crippen molar-refractivity contribution in [2.75, 3.05) is 0 Å². The van der Waals surface area contributed by atoms with E-state index in [0.29, 0.717) is 36.8 Å². The molecule has 5 rings (SSSR count). The van der Waals surface area contributed by atoms with Crippen molar-refractivity contribution in [2.24, 2.45) is 17.3 Å². The van der Waals surface area contributed by atoms with Crippen LogP contribution >= 0.6 is 22.6 Å². The maximum atomic E-state index is 13.2. The molecule has 1 aromatic carbocycles. The predicted molar refractivity (Wildman–Crippen MR) is 113 cm³/mol. The van der Waals surface area contributed by atoms with Crippen LogP contribution in [0.5, 0.6) is 5.75 Å². The van der Waals surface area contributed by atoms with Gasteiger partial charge in [-0.25, -0.2) is 4.79 Å². The summed E-state index contributed by atoms with van der Waals surface area (Å²) in [5.74, 6) is -2.29. The van der Waals surface area contributed by atoms with Gasteiger partial charge in [-0.2, -0.15) is 0 Å². The second-order valence-electron chi connectivity index (χ2n) is 8.97. The third-order valence-electron chi connectivity index (χ3n) is 6.59. The summed E-state index contributed by atoms with van der Waals surface area (Å²) in [4.78, 5) is 47.5. The summed E-state index contributed by atoms with van der Waals surface area (Å²) in [7, 11) is 0. The number of hydrogen-bond acceptors (Lipinski definition) is 6. The molecule has 0 radical (unpaired) electrons. The summed E-state index contributed by atoms with van der Waals surface area (Å²) in [5, 5.41) is 8.68. The number of esters is 2. The van der Waals surface area contributed by atoms with Crippen LogP contribution in [0, 0.1) is 20.8 Å². The largest absolute Gasteiger partial charge is 0.476 e. The number of aliphatic carboxylic acids is 1. The molecular weight excluding hydrogens is 503 g/mol. The molecule has 4 aliphatic rings. The zero-order valence-electron chi connectivity index (χ0n) is 16.4. The Labute approximate surface area is 187 Å². The molecule has 0 spiro atoms. The SMILES string of the molecule is O=C(CCC(=O)C(=O)O)OC12CC3CC(C1)CC(C(=O)Oc1ccc(I)cc1)(C3)C2. The Balaban J connectivity index is 1.46. The molecule has 0 aromatic heterocycles. The molecule has 0 heterocycles. The van der Waals surface area contributed by atoms with Crippen molar-refractivity contribution in [2.45, 2.75) is 57.0 Å². The smallest absolute Gasteiger partial charge is 0.372 e. The van der Waals surface area contributed by atoms with E-state index in [1.807, 2.05) is 12.1 Å². The molecule has 1 N–H and O–H groups in total. The molecule has 2 atom stereocenters. The van der Waals surface area contributed by atoms with Crippen LogP contribution < -0.4 is 4.74 Å².